The summed E-state index contributed by atoms with van der Waals surface area (Å²) in [7, 11) is 0. The summed E-state index contributed by atoms with van der Waals surface area (Å²) in [6.07, 6.45) is 0.610. The molecular weight excluding hydrogens is 454 g/mol. The Morgan fingerprint density at radius 2 is 1.71 bits per heavy atom. The van der Waals surface area contributed by atoms with Gasteiger partial charge >= 0.3 is 0 Å². The van der Waals surface area contributed by atoms with Crippen molar-refractivity contribution in [3.05, 3.63) is 65.2 Å². The highest BCUT2D eigenvalue weighted by Crippen LogP contribution is 2.31. The maximum absolute atomic E-state index is 14.8. The van der Waals surface area contributed by atoms with Gasteiger partial charge in [-0.2, -0.15) is 0 Å². The molecule has 3 amide bonds. The molecule has 1 N–H and O–H groups in total. The van der Waals surface area contributed by atoms with Crippen molar-refractivity contribution < 1.29 is 23.2 Å². The molecule has 0 radical (unpaired) electrons. The van der Waals surface area contributed by atoms with Crippen LogP contribution in [0.2, 0.25) is 0 Å². The van der Waals surface area contributed by atoms with E-state index in [1.54, 1.807) is 29.2 Å². The Balaban J connectivity index is 1.11. The predicted octanol–water partition coefficient (Wildman–Crippen LogP) is 2.06. The minimum atomic E-state index is -0.636. The summed E-state index contributed by atoms with van der Waals surface area (Å²) < 4.78 is 28.7. The summed E-state index contributed by atoms with van der Waals surface area (Å²) in [6.45, 7) is 4.26. The van der Waals surface area contributed by atoms with E-state index in [1.165, 1.54) is 12.1 Å². The van der Waals surface area contributed by atoms with Gasteiger partial charge in [0.1, 0.15) is 11.6 Å². The van der Waals surface area contributed by atoms with Crippen LogP contribution in [0, 0.1) is 11.6 Å². The number of rotatable bonds is 5. The maximum Gasteiger partial charge on any atom is 0.234 e. The van der Waals surface area contributed by atoms with Crippen LogP contribution >= 0.6 is 0 Å². The molecule has 0 saturated carbocycles. The topological polar surface area (TPSA) is 73.0 Å². The molecule has 184 valence electrons. The predicted molar refractivity (Wildman–Crippen MR) is 126 cm³/mol. The van der Waals surface area contributed by atoms with Crippen molar-refractivity contribution in [1.29, 1.82) is 0 Å². The Labute approximate surface area is 202 Å². The lowest BCUT2D eigenvalue weighted by Crippen LogP contribution is -2.63. The first-order chi connectivity index (χ1) is 16.9. The van der Waals surface area contributed by atoms with Gasteiger partial charge in [0.25, 0.3) is 0 Å². The first-order valence-electron chi connectivity index (χ1n) is 12.0. The van der Waals surface area contributed by atoms with Crippen molar-refractivity contribution in [1.82, 2.24) is 15.1 Å². The summed E-state index contributed by atoms with van der Waals surface area (Å²) in [5.41, 5.74) is 1.52. The Morgan fingerprint density at radius 3 is 2.40 bits per heavy atom. The van der Waals surface area contributed by atoms with Crippen LogP contribution in [0.25, 0.3) is 0 Å². The molecular formula is C26H28F2N4O3. The van der Waals surface area contributed by atoms with Gasteiger partial charge < -0.3 is 9.80 Å². The molecule has 0 aromatic heterocycles. The number of piperidine rings is 1. The molecule has 3 fully saturated rings. The lowest BCUT2D eigenvalue weighted by atomic mass is 9.90. The number of carbonyl (C=O) groups excluding carboxylic acids is 3. The van der Waals surface area contributed by atoms with Gasteiger partial charge in [-0.1, -0.05) is 24.3 Å². The second-order valence-corrected chi connectivity index (χ2v) is 9.45. The van der Waals surface area contributed by atoms with E-state index in [2.05, 4.69) is 15.1 Å². The van der Waals surface area contributed by atoms with Crippen molar-refractivity contribution in [2.45, 2.75) is 31.2 Å². The van der Waals surface area contributed by atoms with Gasteiger partial charge in [-0.15, -0.1) is 0 Å². The molecule has 3 heterocycles. The summed E-state index contributed by atoms with van der Waals surface area (Å²) >= 11 is 0. The van der Waals surface area contributed by atoms with Gasteiger partial charge in [-0.05, 0) is 30.2 Å². The number of benzene rings is 2. The van der Waals surface area contributed by atoms with E-state index in [4.69, 9.17) is 0 Å². The number of amides is 3. The number of hydrogen-bond donors (Lipinski definition) is 1. The van der Waals surface area contributed by atoms with Crippen molar-refractivity contribution in [2.75, 3.05) is 44.2 Å². The average Bonchev–Trinajstić information content (AvgIpc) is 2.81. The summed E-state index contributed by atoms with van der Waals surface area (Å²) in [5, 5.41) is 2.28. The highest BCUT2D eigenvalue weighted by atomic mass is 19.1. The molecule has 3 aliphatic rings. The van der Waals surface area contributed by atoms with Crippen molar-refractivity contribution >= 4 is 23.4 Å². The van der Waals surface area contributed by atoms with E-state index >= 15 is 0 Å². The van der Waals surface area contributed by atoms with Crippen molar-refractivity contribution in [3.63, 3.8) is 0 Å². The molecule has 2 aromatic carbocycles. The number of carbonyl (C=O) groups is 3. The summed E-state index contributed by atoms with van der Waals surface area (Å²) in [5.74, 6) is -2.23. The van der Waals surface area contributed by atoms with Crippen LogP contribution in [-0.2, 0) is 20.8 Å². The van der Waals surface area contributed by atoms with Crippen LogP contribution in [0.15, 0.2) is 42.5 Å². The monoisotopic (exact) mass is 482 g/mol. The standard InChI is InChI=1S/C26H28F2N4O3/c27-22-4-2-1-3-17(22)13-25(34)31-11-9-30(10-12-31)19-15-32(16-19)18-5-6-20(23(28)14-18)21-7-8-24(33)29-26(21)35/h1-6,14,19,21H,7-13,15-16H2,(H,29,33,35). The third kappa shape index (κ3) is 4.91. The normalized spacial score (nSPS) is 21.6. The Hall–Kier alpha value is -3.33. The van der Waals surface area contributed by atoms with Crippen LogP contribution in [0.5, 0.6) is 0 Å². The number of nitrogens with one attached hydrogen (secondary N) is 1. The van der Waals surface area contributed by atoms with E-state index in [0.29, 0.717) is 36.7 Å². The number of hydrogen-bond acceptors (Lipinski definition) is 5. The zero-order valence-corrected chi connectivity index (χ0v) is 19.4. The lowest BCUT2D eigenvalue weighted by molar-refractivity contribution is -0.134. The van der Waals surface area contributed by atoms with E-state index < -0.39 is 17.6 Å². The van der Waals surface area contributed by atoms with Crippen molar-refractivity contribution in [3.8, 4) is 0 Å². The average molecular weight is 483 g/mol. The first-order valence-corrected chi connectivity index (χ1v) is 12.0. The molecule has 0 spiro atoms. The number of anilines is 1. The first kappa shape index (κ1) is 23.4. The zero-order chi connectivity index (χ0) is 24.5. The second-order valence-electron chi connectivity index (χ2n) is 9.45. The molecule has 35 heavy (non-hydrogen) atoms. The van der Waals surface area contributed by atoms with E-state index in [-0.39, 0.29) is 30.5 Å². The van der Waals surface area contributed by atoms with Gasteiger partial charge in [-0.3, -0.25) is 24.6 Å². The van der Waals surface area contributed by atoms with E-state index in [9.17, 15) is 23.2 Å². The number of piperazine rings is 1. The third-order valence-corrected chi connectivity index (χ3v) is 7.31. The number of halogens is 2. The van der Waals surface area contributed by atoms with Gasteiger partial charge in [0.05, 0.1) is 12.3 Å². The van der Waals surface area contributed by atoms with Gasteiger partial charge in [0, 0.05) is 63.0 Å². The molecule has 3 saturated heterocycles. The highest BCUT2D eigenvalue weighted by Gasteiger charge is 2.35. The smallest absolute Gasteiger partial charge is 0.234 e. The number of imide groups is 1. The maximum atomic E-state index is 14.8. The van der Waals surface area contributed by atoms with E-state index in [0.717, 1.165) is 31.9 Å². The summed E-state index contributed by atoms with van der Waals surface area (Å²) in [6, 6.07) is 11.6. The SMILES string of the molecule is O=C1CCC(c2ccc(N3CC(N4CCN(C(=O)Cc5ccccc5F)CC4)C3)cc2F)C(=O)N1. The lowest BCUT2D eigenvalue weighted by Gasteiger charge is -2.49. The third-order valence-electron chi connectivity index (χ3n) is 7.31. The van der Waals surface area contributed by atoms with Crippen molar-refractivity contribution in [2.24, 2.45) is 0 Å². The van der Waals surface area contributed by atoms with Crippen LogP contribution in [-0.4, -0.2) is 72.8 Å². The summed E-state index contributed by atoms with van der Waals surface area (Å²) in [4.78, 5) is 42.2. The van der Waals surface area contributed by atoms with Gasteiger partial charge in [0.15, 0.2) is 0 Å². The minimum Gasteiger partial charge on any atom is -0.368 e. The molecule has 5 rings (SSSR count). The molecule has 3 aliphatic heterocycles. The zero-order valence-electron chi connectivity index (χ0n) is 19.4. The van der Waals surface area contributed by atoms with Gasteiger partial charge in [-0.25, -0.2) is 8.78 Å². The molecule has 0 bridgehead atoms. The highest BCUT2D eigenvalue weighted by molar-refractivity contribution is 6.01. The van der Waals surface area contributed by atoms with Gasteiger partial charge in [0.2, 0.25) is 17.7 Å². The van der Waals surface area contributed by atoms with Crippen LogP contribution in [0.1, 0.15) is 29.9 Å². The fraction of sp³-hybridized carbons (Fsp3) is 0.423. The molecule has 9 heteroatoms. The molecule has 1 atom stereocenters. The Bertz CT molecular complexity index is 1140. The van der Waals surface area contributed by atoms with E-state index in [1.807, 2.05) is 6.07 Å². The molecule has 2 aromatic rings. The largest absolute Gasteiger partial charge is 0.368 e. The minimum absolute atomic E-state index is 0.0587. The fourth-order valence-electron chi connectivity index (χ4n) is 5.14. The molecule has 1 unspecified atom stereocenters. The van der Waals surface area contributed by atoms with Crippen LogP contribution < -0.4 is 10.2 Å². The number of nitrogens with zero attached hydrogens (tertiary/aromatic N) is 3. The Morgan fingerprint density at radius 1 is 0.971 bits per heavy atom. The Kier molecular flexibility index (Phi) is 6.51. The fourth-order valence-corrected chi connectivity index (χ4v) is 5.14. The molecule has 7 nitrogen and oxygen atoms in total. The van der Waals surface area contributed by atoms with Crippen LogP contribution in [0.4, 0.5) is 14.5 Å². The molecule has 0 aliphatic carbocycles. The quantitative estimate of drug-likeness (QED) is 0.661. The van der Waals surface area contributed by atoms with Crippen LogP contribution in [0.3, 0.4) is 0 Å². The second kappa shape index (κ2) is 9.73.